The van der Waals surface area contributed by atoms with Crippen LogP contribution in [0.5, 0.6) is 0 Å². The first-order chi connectivity index (χ1) is 12.5. The molecule has 0 unspecified atom stereocenters. The van der Waals surface area contributed by atoms with Gasteiger partial charge in [0.25, 0.3) is 5.91 Å². The Morgan fingerprint density at radius 1 is 1.23 bits per heavy atom. The second kappa shape index (κ2) is 7.92. The molecule has 0 saturated carbocycles. The SMILES string of the molecule is Cc1ccnc(NC(=O)CSC2=NC(=O)[C@H](c3ccccc3)C(=O)N2)c1. The number of thioether (sulfide) groups is 1. The van der Waals surface area contributed by atoms with E-state index >= 15 is 0 Å². The summed E-state index contributed by atoms with van der Waals surface area (Å²) in [5, 5.41) is 5.36. The van der Waals surface area contributed by atoms with Crippen LogP contribution in [0.4, 0.5) is 5.82 Å². The minimum atomic E-state index is -0.953. The van der Waals surface area contributed by atoms with Crippen molar-refractivity contribution in [3.63, 3.8) is 0 Å². The van der Waals surface area contributed by atoms with Crippen molar-refractivity contribution >= 4 is 40.5 Å². The molecule has 1 aliphatic heterocycles. The van der Waals surface area contributed by atoms with Gasteiger partial charge in [0.05, 0.1) is 5.75 Å². The Bertz CT molecular complexity index is 883. The van der Waals surface area contributed by atoms with Crippen LogP contribution in [-0.4, -0.2) is 33.6 Å². The predicted molar refractivity (Wildman–Crippen MR) is 99.8 cm³/mol. The lowest BCUT2D eigenvalue weighted by molar-refractivity contribution is -0.129. The lowest BCUT2D eigenvalue weighted by atomic mass is 9.97. The van der Waals surface area contributed by atoms with Gasteiger partial charge in [-0.25, -0.2) is 4.98 Å². The molecule has 1 aromatic heterocycles. The van der Waals surface area contributed by atoms with Crippen molar-refractivity contribution < 1.29 is 14.4 Å². The molecule has 132 valence electrons. The molecule has 0 fully saturated rings. The highest BCUT2D eigenvalue weighted by molar-refractivity contribution is 8.14. The molecule has 0 radical (unpaired) electrons. The molecule has 26 heavy (non-hydrogen) atoms. The fourth-order valence-electron chi connectivity index (χ4n) is 2.41. The van der Waals surface area contributed by atoms with E-state index in [1.165, 1.54) is 0 Å². The minimum Gasteiger partial charge on any atom is -0.310 e. The first-order valence-electron chi connectivity index (χ1n) is 7.86. The van der Waals surface area contributed by atoms with Gasteiger partial charge < -0.3 is 10.6 Å². The fraction of sp³-hybridized carbons (Fsp3) is 0.167. The van der Waals surface area contributed by atoms with Crippen molar-refractivity contribution in [2.24, 2.45) is 4.99 Å². The van der Waals surface area contributed by atoms with Crippen LogP contribution in [0.1, 0.15) is 17.0 Å². The van der Waals surface area contributed by atoms with Gasteiger partial charge in [0.1, 0.15) is 11.7 Å². The lowest BCUT2D eigenvalue weighted by Gasteiger charge is -2.19. The molecule has 1 aromatic carbocycles. The molecule has 8 heteroatoms. The van der Waals surface area contributed by atoms with E-state index in [9.17, 15) is 14.4 Å². The van der Waals surface area contributed by atoms with Crippen molar-refractivity contribution in [3.8, 4) is 0 Å². The van der Waals surface area contributed by atoms with Gasteiger partial charge in [0, 0.05) is 6.20 Å². The molecule has 1 atom stereocenters. The van der Waals surface area contributed by atoms with E-state index in [0.29, 0.717) is 11.4 Å². The Labute approximate surface area is 154 Å². The Balaban J connectivity index is 1.60. The Morgan fingerprint density at radius 3 is 2.69 bits per heavy atom. The normalized spacial score (nSPS) is 16.7. The standard InChI is InChI=1S/C18H16N4O3S/c1-11-7-8-19-13(9-11)20-14(23)10-26-18-21-16(24)15(17(25)22-18)12-5-3-2-4-6-12/h2-9,15H,10H2,1H3,(H,19,20,23)(H,21,22,24,25). The predicted octanol–water partition coefficient (Wildman–Crippen LogP) is 1.86. The third kappa shape index (κ3) is 4.34. The zero-order valence-electron chi connectivity index (χ0n) is 13.9. The van der Waals surface area contributed by atoms with Crippen molar-refractivity contribution in [2.45, 2.75) is 12.8 Å². The molecule has 0 spiro atoms. The van der Waals surface area contributed by atoms with E-state index in [1.54, 1.807) is 42.6 Å². The summed E-state index contributed by atoms with van der Waals surface area (Å²) in [6.45, 7) is 1.90. The molecule has 2 aromatic rings. The fourth-order valence-corrected chi connectivity index (χ4v) is 3.07. The number of aromatic nitrogens is 1. The number of hydrogen-bond acceptors (Lipinski definition) is 5. The monoisotopic (exact) mass is 368 g/mol. The van der Waals surface area contributed by atoms with Gasteiger partial charge >= 0.3 is 0 Å². The van der Waals surface area contributed by atoms with Crippen molar-refractivity contribution in [2.75, 3.05) is 11.1 Å². The minimum absolute atomic E-state index is 0.00197. The molecule has 0 aliphatic carbocycles. The number of benzene rings is 1. The number of nitrogens with zero attached hydrogens (tertiary/aromatic N) is 2. The first-order valence-corrected chi connectivity index (χ1v) is 8.85. The summed E-state index contributed by atoms with van der Waals surface area (Å²) in [6.07, 6.45) is 1.60. The Kier molecular flexibility index (Phi) is 5.43. The topological polar surface area (TPSA) is 101 Å². The molecule has 7 nitrogen and oxygen atoms in total. The van der Waals surface area contributed by atoms with E-state index in [1.807, 2.05) is 13.0 Å². The van der Waals surface area contributed by atoms with Gasteiger partial charge in [0.2, 0.25) is 11.8 Å². The van der Waals surface area contributed by atoms with Crippen molar-refractivity contribution in [3.05, 3.63) is 59.8 Å². The molecule has 0 bridgehead atoms. The summed E-state index contributed by atoms with van der Waals surface area (Å²) >= 11 is 0.991. The third-order valence-electron chi connectivity index (χ3n) is 3.61. The lowest BCUT2D eigenvalue weighted by Crippen LogP contribution is -2.41. The number of carbonyl (C=O) groups is 3. The van der Waals surface area contributed by atoms with Gasteiger partial charge in [-0.2, -0.15) is 4.99 Å². The number of hydrogen-bond donors (Lipinski definition) is 2. The molecule has 0 saturated heterocycles. The quantitative estimate of drug-likeness (QED) is 0.802. The van der Waals surface area contributed by atoms with E-state index in [2.05, 4.69) is 20.6 Å². The van der Waals surface area contributed by atoms with Gasteiger partial charge in [0.15, 0.2) is 5.17 Å². The highest BCUT2D eigenvalue weighted by Gasteiger charge is 2.33. The molecule has 2 heterocycles. The summed E-state index contributed by atoms with van der Waals surface area (Å²) in [5.41, 5.74) is 1.57. The van der Waals surface area contributed by atoms with Crippen molar-refractivity contribution in [1.82, 2.24) is 10.3 Å². The van der Waals surface area contributed by atoms with Crippen LogP contribution >= 0.6 is 11.8 Å². The highest BCUT2D eigenvalue weighted by atomic mass is 32.2. The number of aliphatic imine (C=N–C) groups is 1. The highest BCUT2D eigenvalue weighted by Crippen LogP contribution is 2.22. The second-order valence-electron chi connectivity index (χ2n) is 5.64. The van der Waals surface area contributed by atoms with Crippen LogP contribution in [0.2, 0.25) is 0 Å². The number of rotatable bonds is 4. The van der Waals surface area contributed by atoms with Crippen molar-refractivity contribution in [1.29, 1.82) is 0 Å². The zero-order chi connectivity index (χ0) is 18.5. The Hall–Kier alpha value is -3.00. The van der Waals surface area contributed by atoms with Gasteiger partial charge in [-0.1, -0.05) is 42.1 Å². The van der Waals surface area contributed by atoms with E-state index in [0.717, 1.165) is 17.3 Å². The molecule has 3 amide bonds. The number of amidine groups is 1. The van der Waals surface area contributed by atoms with Crippen LogP contribution in [0, 0.1) is 6.92 Å². The summed E-state index contributed by atoms with van der Waals surface area (Å²) in [7, 11) is 0. The van der Waals surface area contributed by atoms with E-state index < -0.39 is 17.7 Å². The molecule has 2 N–H and O–H groups in total. The van der Waals surface area contributed by atoms with Crippen LogP contribution < -0.4 is 10.6 Å². The maximum Gasteiger partial charge on any atom is 0.265 e. The number of aryl methyl sites for hydroxylation is 1. The van der Waals surface area contributed by atoms with Crippen LogP contribution in [0.3, 0.4) is 0 Å². The smallest absolute Gasteiger partial charge is 0.265 e. The zero-order valence-corrected chi connectivity index (χ0v) is 14.7. The maximum absolute atomic E-state index is 12.3. The summed E-state index contributed by atoms with van der Waals surface area (Å²) in [4.78, 5) is 44.4. The third-order valence-corrected chi connectivity index (χ3v) is 4.48. The largest absolute Gasteiger partial charge is 0.310 e. The van der Waals surface area contributed by atoms with Gasteiger partial charge in [-0.05, 0) is 30.2 Å². The van der Waals surface area contributed by atoms with E-state index in [4.69, 9.17) is 0 Å². The number of nitrogens with one attached hydrogen (secondary N) is 2. The first kappa shape index (κ1) is 17.8. The number of amides is 3. The molecule has 3 rings (SSSR count). The number of pyridine rings is 1. The second-order valence-corrected chi connectivity index (χ2v) is 6.61. The van der Waals surface area contributed by atoms with E-state index in [-0.39, 0.29) is 16.8 Å². The van der Waals surface area contributed by atoms with Crippen LogP contribution in [0.25, 0.3) is 0 Å². The number of anilines is 1. The molecule has 1 aliphatic rings. The average molecular weight is 368 g/mol. The van der Waals surface area contributed by atoms with Crippen LogP contribution in [0.15, 0.2) is 53.7 Å². The summed E-state index contributed by atoms with van der Waals surface area (Å²) in [5.74, 6) is -1.79. The average Bonchev–Trinajstić information content (AvgIpc) is 2.60. The Morgan fingerprint density at radius 2 is 2.00 bits per heavy atom. The summed E-state index contributed by atoms with van der Waals surface area (Å²) < 4.78 is 0. The summed E-state index contributed by atoms with van der Waals surface area (Å²) in [6, 6.07) is 12.3. The van der Waals surface area contributed by atoms with Crippen LogP contribution in [-0.2, 0) is 14.4 Å². The molecular weight excluding hydrogens is 352 g/mol. The van der Waals surface area contributed by atoms with Gasteiger partial charge in [-0.15, -0.1) is 0 Å². The van der Waals surface area contributed by atoms with Gasteiger partial charge in [-0.3, -0.25) is 14.4 Å². The number of carbonyl (C=O) groups excluding carboxylic acids is 3. The molecular formula is C18H16N4O3S. The maximum atomic E-state index is 12.3.